The standard InChI is InChI=1S/C14H18FN3O/c1-3-18-8-11(7-17-18)9-19-12-4-5-13(10(2)16)14(15)6-12/h4-8,10H,3,9,16H2,1-2H3/t10-/m0/s1. The number of halogens is 1. The van der Waals surface area contributed by atoms with Crippen LogP contribution in [0.3, 0.4) is 0 Å². The summed E-state index contributed by atoms with van der Waals surface area (Å²) in [5.41, 5.74) is 7.10. The van der Waals surface area contributed by atoms with Gasteiger partial charge in [-0.2, -0.15) is 5.10 Å². The Morgan fingerprint density at radius 2 is 2.26 bits per heavy atom. The van der Waals surface area contributed by atoms with E-state index in [0.29, 0.717) is 17.9 Å². The van der Waals surface area contributed by atoms with Gasteiger partial charge in [0.25, 0.3) is 0 Å². The van der Waals surface area contributed by atoms with Gasteiger partial charge in [-0.05, 0) is 19.9 Å². The maximum Gasteiger partial charge on any atom is 0.131 e. The van der Waals surface area contributed by atoms with Crippen LogP contribution in [0.2, 0.25) is 0 Å². The minimum Gasteiger partial charge on any atom is -0.489 e. The van der Waals surface area contributed by atoms with Gasteiger partial charge >= 0.3 is 0 Å². The number of nitrogens with zero attached hydrogens (tertiary/aromatic N) is 2. The molecule has 0 unspecified atom stereocenters. The molecule has 0 saturated heterocycles. The minimum absolute atomic E-state index is 0.322. The number of hydrogen-bond donors (Lipinski definition) is 1. The summed E-state index contributed by atoms with van der Waals surface area (Å²) >= 11 is 0. The Bertz CT molecular complexity index is 551. The SMILES string of the molecule is CCn1cc(COc2ccc([C@H](C)N)c(F)c2)cn1. The van der Waals surface area contributed by atoms with Gasteiger partial charge in [-0.3, -0.25) is 4.68 Å². The fourth-order valence-corrected chi connectivity index (χ4v) is 1.79. The highest BCUT2D eigenvalue weighted by Crippen LogP contribution is 2.21. The maximum atomic E-state index is 13.7. The van der Waals surface area contributed by atoms with E-state index in [9.17, 15) is 4.39 Å². The molecule has 0 fully saturated rings. The van der Waals surface area contributed by atoms with E-state index in [4.69, 9.17) is 10.5 Å². The van der Waals surface area contributed by atoms with Crippen molar-refractivity contribution in [3.63, 3.8) is 0 Å². The summed E-state index contributed by atoms with van der Waals surface area (Å²) in [6.07, 6.45) is 3.66. The first-order valence-corrected chi connectivity index (χ1v) is 6.29. The zero-order valence-corrected chi connectivity index (χ0v) is 11.1. The van der Waals surface area contributed by atoms with Crippen LogP contribution in [0.15, 0.2) is 30.6 Å². The quantitative estimate of drug-likeness (QED) is 0.902. The fourth-order valence-electron chi connectivity index (χ4n) is 1.79. The Kier molecular flexibility index (Phi) is 4.16. The van der Waals surface area contributed by atoms with Crippen LogP contribution < -0.4 is 10.5 Å². The van der Waals surface area contributed by atoms with Crippen molar-refractivity contribution in [1.82, 2.24) is 9.78 Å². The molecule has 2 N–H and O–H groups in total. The molecule has 5 heteroatoms. The molecule has 0 saturated carbocycles. The molecule has 1 aromatic heterocycles. The number of rotatable bonds is 5. The third-order valence-corrected chi connectivity index (χ3v) is 2.88. The van der Waals surface area contributed by atoms with Crippen molar-refractivity contribution in [2.45, 2.75) is 33.0 Å². The topological polar surface area (TPSA) is 53.1 Å². The Labute approximate surface area is 112 Å². The minimum atomic E-state index is -0.336. The molecule has 1 aromatic carbocycles. The van der Waals surface area contributed by atoms with Gasteiger partial charge in [0.1, 0.15) is 18.2 Å². The maximum absolute atomic E-state index is 13.7. The molecule has 102 valence electrons. The molecule has 1 heterocycles. The Balaban J connectivity index is 2.01. The number of hydrogen-bond acceptors (Lipinski definition) is 3. The molecule has 19 heavy (non-hydrogen) atoms. The molecule has 0 aliphatic carbocycles. The van der Waals surface area contributed by atoms with Gasteiger partial charge in [-0.1, -0.05) is 6.07 Å². The molecule has 2 aromatic rings. The van der Waals surface area contributed by atoms with E-state index in [1.807, 2.05) is 17.8 Å². The molecule has 1 atom stereocenters. The van der Waals surface area contributed by atoms with E-state index >= 15 is 0 Å². The summed E-state index contributed by atoms with van der Waals surface area (Å²) in [7, 11) is 0. The van der Waals surface area contributed by atoms with Gasteiger partial charge in [0.05, 0.1) is 6.20 Å². The highest BCUT2D eigenvalue weighted by molar-refractivity contribution is 5.30. The average molecular weight is 263 g/mol. The second-order valence-electron chi connectivity index (χ2n) is 4.46. The number of benzene rings is 1. The molecular weight excluding hydrogens is 245 g/mol. The van der Waals surface area contributed by atoms with Crippen LogP contribution in [0.4, 0.5) is 4.39 Å². The van der Waals surface area contributed by atoms with Gasteiger partial charge < -0.3 is 10.5 Å². The fraction of sp³-hybridized carbons (Fsp3) is 0.357. The van der Waals surface area contributed by atoms with Gasteiger partial charge in [0.15, 0.2) is 0 Å². The van der Waals surface area contributed by atoms with Crippen molar-refractivity contribution >= 4 is 0 Å². The molecule has 0 bridgehead atoms. The van der Waals surface area contributed by atoms with Crippen molar-refractivity contribution in [1.29, 1.82) is 0 Å². The van der Waals surface area contributed by atoms with Crippen molar-refractivity contribution in [2.24, 2.45) is 5.73 Å². The average Bonchev–Trinajstić information content (AvgIpc) is 2.84. The van der Waals surface area contributed by atoms with Crippen LogP contribution in [0.5, 0.6) is 5.75 Å². The Hall–Kier alpha value is -1.88. The smallest absolute Gasteiger partial charge is 0.131 e. The molecule has 0 radical (unpaired) electrons. The summed E-state index contributed by atoms with van der Waals surface area (Å²) in [5.74, 6) is 0.155. The van der Waals surface area contributed by atoms with Crippen molar-refractivity contribution in [3.05, 3.63) is 47.5 Å². The van der Waals surface area contributed by atoms with E-state index in [2.05, 4.69) is 5.10 Å². The highest BCUT2D eigenvalue weighted by Gasteiger charge is 2.08. The predicted octanol–water partition coefficient (Wildman–Crippen LogP) is 2.64. The summed E-state index contributed by atoms with van der Waals surface area (Å²) in [6.45, 7) is 4.95. The Morgan fingerprint density at radius 3 is 2.84 bits per heavy atom. The third kappa shape index (κ3) is 3.32. The van der Waals surface area contributed by atoms with Crippen LogP contribution in [-0.2, 0) is 13.2 Å². The molecule has 0 spiro atoms. The van der Waals surface area contributed by atoms with E-state index in [0.717, 1.165) is 12.1 Å². The van der Waals surface area contributed by atoms with Gasteiger partial charge in [-0.15, -0.1) is 0 Å². The van der Waals surface area contributed by atoms with E-state index < -0.39 is 0 Å². The number of aryl methyl sites for hydroxylation is 1. The first kappa shape index (κ1) is 13.5. The zero-order valence-electron chi connectivity index (χ0n) is 11.1. The van der Waals surface area contributed by atoms with E-state index in [1.54, 1.807) is 25.3 Å². The van der Waals surface area contributed by atoms with Gasteiger partial charge in [0, 0.05) is 36.0 Å². The van der Waals surface area contributed by atoms with Crippen LogP contribution in [-0.4, -0.2) is 9.78 Å². The van der Waals surface area contributed by atoms with Crippen LogP contribution in [0.1, 0.15) is 31.0 Å². The summed E-state index contributed by atoms with van der Waals surface area (Å²) in [4.78, 5) is 0. The van der Waals surface area contributed by atoms with Crippen molar-refractivity contribution < 1.29 is 9.13 Å². The molecule has 0 aliphatic heterocycles. The van der Waals surface area contributed by atoms with E-state index in [1.165, 1.54) is 6.07 Å². The normalized spacial score (nSPS) is 12.4. The van der Waals surface area contributed by atoms with Crippen LogP contribution >= 0.6 is 0 Å². The largest absolute Gasteiger partial charge is 0.489 e. The lowest BCUT2D eigenvalue weighted by molar-refractivity contribution is 0.304. The lowest BCUT2D eigenvalue weighted by Crippen LogP contribution is -2.07. The lowest BCUT2D eigenvalue weighted by atomic mass is 10.1. The van der Waals surface area contributed by atoms with Crippen LogP contribution in [0.25, 0.3) is 0 Å². The number of ether oxygens (including phenoxy) is 1. The van der Waals surface area contributed by atoms with Crippen LogP contribution in [0, 0.1) is 5.82 Å². The lowest BCUT2D eigenvalue weighted by Gasteiger charge is -2.09. The molecule has 0 aliphatic rings. The van der Waals surface area contributed by atoms with Gasteiger partial charge in [0.2, 0.25) is 0 Å². The van der Waals surface area contributed by atoms with Crippen molar-refractivity contribution in [3.8, 4) is 5.75 Å². The Morgan fingerprint density at radius 1 is 1.47 bits per heavy atom. The second kappa shape index (κ2) is 5.84. The third-order valence-electron chi connectivity index (χ3n) is 2.88. The molecule has 4 nitrogen and oxygen atoms in total. The zero-order chi connectivity index (χ0) is 13.8. The first-order valence-electron chi connectivity index (χ1n) is 6.29. The summed E-state index contributed by atoms with van der Waals surface area (Å²) < 4.78 is 21.1. The highest BCUT2D eigenvalue weighted by atomic mass is 19.1. The predicted molar refractivity (Wildman–Crippen MR) is 71.2 cm³/mol. The second-order valence-corrected chi connectivity index (χ2v) is 4.46. The van der Waals surface area contributed by atoms with E-state index in [-0.39, 0.29) is 11.9 Å². The molecule has 0 amide bonds. The summed E-state index contributed by atoms with van der Waals surface area (Å²) in [5, 5.41) is 4.15. The number of nitrogens with two attached hydrogens (primary N) is 1. The number of aromatic nitrogens is 2. The first-order chi connectivity index (χ1) is 9.10. The summed E-state index contributed by atoms with van der Waals surface area (Å²) in [6, 6.07) is 4.43. The van der Waals surface area contributed by atoms with Gasteiger partial charge in [-0.25, -0.2) is 4.39 Å². The molecule has 2 rings (SSSR count). The molecular formula is C14H18FN3O. The monoisotopic (exact) mass is 263 g/mol. The van der Waals surface area contributed by atoms with Crippen molar-refractivity contribution in [2.75, 3.05) is 0 Å².